The van der Waals surface area contributed by atoms with Gasteiger partial charge in [-0.3, -0.25) is 4.79 Å². The second kappa shape index (κ2) is 8.51. The van der Waals surface area contributed by atoms with Crippen molar-refractivity contribution < 1.29 is 22.7 Å². The van der Waals surface area contributed by atoms with E-state index < -0.39 is 10.0 Å². The molecule has 0 spiro atoms. The number of piperazine rings is 1. The predicted octanol–water partition coefficient (Wildman–Crippen LogP) is 1.72. The van der Waals surface area contributed by atoms with Crippen molar-refractivity contribution in [3.63, 3.8) is 0 Å². The maximum Gasteiger partial charge on any atom is 0.253 e. The molecule has 0 radical (unpaired) electrons. The first-order valence-electron chi connectivity index (χ1n) is 8.92. The van der Waals surface area contributed by atoms with E-state index in [9.17, 15) is 13.2 Å². The van der Waals surface area contributed by atoms with E-state index in [1.54, 1.807) is 35.2 Å². The number of carbonyl (C=O) groups excluding carboxylic acids is 1. The molecule has 0 saturated carbocycles. The molecule has 0 aliphatic carbocycles. The van der Waals surface area contributed by atoms with E-state index in [4.69, 9.17) is 14.7 Å². The quantitative estimate of drug-likeness (QED) is 0.737. The van der Waals surface area contributed by atoms with Gasteiger partial charge in [0.25, 0.3) is 5.91 Å². The highest BCUT2D eigenvalue weighted by Gasteiger charge is 2.31. The Bertz CT molecular complexity index is 1040. The summed E-state index contributed by atoms with van der Waals surface area (Å²) in [6.45, 7) is 0.952. The second-order valence-electron chi connectivity index (χ2n) is 6.40. The van der Waals surface area contributed by atoms with E-state index in [1.165, 1.54) is 30.7 Å². The number of hydrogen-bond acceptors (Lipinski definition) is 6. The molecular weight excluding hydrogens is 394 g/mol. The van der Waals surface area contributed by atoms with Gasteiger partial charge in [0.15, 0.2) is 11.5 Å². The molecule has 3 rings (SSSR count). The van der Waals surface area contributed by atoms with Crippen molar-refractivity contribution in [2.24, 2.45) is 0 Å². The van der Waals surface area contributed by atoms with Gasteiger partial charge in [-0.25, -0.2) is 8.42 Å². The van der Waals surface area contributed by atoms with Crippen LogP contribution in [0.5, 0.6) is 11.5 Å². The topological polar surface area (TPSA) is 99.9 Å². The molecule has 152 valence electrons. The van der Waals surface area contributed by atoms with Gasteiger partial charge in [-0.15, -0.1) is 0 Å². The number of amides is 1. The highest BCUT2D eigenvalue weighted by molar-refractivity contribution is 7.89. The van der Waals surface area contributed by atoms with Crippen LogP contribution >= 0.6 is 0 Å². The minimum absolute atomic E-state index is 0.113. The number of nitriles is 1. The fourth-order valence-corrected chi connectivity index (χ4v) is 4.57. The smallest absolute Gasteiger partial charge is 0.253 e. The van der Waals surface area contributed by atoms with Crippen molar-refractivity contribution in [1.82, 2.24) is 9.21 Å². The van der Waals surface area contributed by atoms with Crippen LogP contribution in [0.2, 0.25) is 0 Å². The highest BCUT2D eigenvalue weighted by Crippen LogP contribution is 2.31. The van der Waals surface area contributed by atoms with Gasteiger partial charge in [-0.1, -0.05) is 0 Å². The van der Waals surface area contributed by atoms with Crippen LogP contribution in [0, 0.1) is 11.3 Å². The van der Waals surface area contributed by atoms with Gasteiger partial charge < -0.3 is 14.4 Å². The summed E-state index contributed by atoms with van der Waals surface area (Å²) in [5.74, 6) is 0.602. The summed E-state index contributed by atoms with van der Waals surface area (Å²) < 4.78 is 37.6. The first kappa shape index (κ1) is 20.6. The van der Waals surface area contributed by atoms with Crippen molar-refractivity contribution in [2.45, 2.75) is 4.90 Å². The number of methoxy groups -OCH3 is 2. The van der Waals surface area contributed by atoms with E-state index in [0.717, 1.165) is 0 Å². The molecule has 9 heteroatoms. The summed E-state index contributed by atoms with van der Waals surface area (Å²) in [4.78, 5) is 14.4. The maximum absolute atomic E-state index is 13.0. The molecule has 1 fully saturated rings. The number of rotatable bonds is 5. The van der Waals surface area contributed by atoms with E-state index in [0.29, 0.717) is 22.6 Å². The molecular formula is C20H21N3O5S. The Morgan fingerprint density at radius 1 is 0.966 bits per heavy atom. The molecule has 2 aromatic rings. The van der Waals surface area contributed by atoms with Crippen LogP contribution in [-0.2, 0) is 10.0 Å². The highest BCUT2D eigenvalue weighted by atomic mass is 32.2. The van der Waals surface area contributed by atoms with E-state index in [1.807, 2.05) is 6.07 Å². The molecule has 1 aliphatic heterocycles. The summed E-state index contributed by atoms with van der Waals surface area (Å²) >= 11 is 0. The van der Waals surface area contributed by atoms with Crippen molar-refractivity contribution in [3.05, 3.63) is 53.6 Å². The first-order valence-corrected chi connectivity index (χ1v) is 10.4. The largest absolute Gasteiger partial charge is 0.493 e. The molecule has 1 heterocycles. The molecule has 2 aromatic carbocycles. The fourth-order valence-electron chi connectivity index (χ4n) is 3.13. The van der Waals surface area contributed by atoms with Crippen molar-refractivity contribution in [1.29, 1.82) is 5.26 Å². The third kappa shape index (κ3) is 4.18. The lowest BCUT2D eigenvalue weighted by Crippen LogP contribution is -2.50. The van der Waals surface area contributed by atoms with Crippen molar-refractivity contribution >= 4 is 15.9 Å². The van der Waals surface area contributed by atoms with Gasteiger partial charge in [0.05, 0.1) is 30.7 Å². The average Bonchev–Trinajstić information content (AvgIpc) is 2.78. The SMILES string of the molecule is COc1ccc(S(=O)(=O)N2CCN(C(=O)c3ccc(C#N)cc3)CC2)cc1OC. The summed E-state index contributed by atoms with van der Waals surface area (Å²) in [5.41, 5.74) is 0.951. The zero-order valence-corrected chi connectivity index (χ0v) is 17.0. The van der Waals surface area contributed by atoms with Crippen LogP contribution in [-0.4, -0.2) is 63.9 Å². The van der Waals surface area contributed by atoms with Crippen LogP contribution in [0.15, 0.2) is 47.4 Å². The van der Waals surface area contributed by atoms with Crippen LogP contribution in [0.25, 0.3) is 0 Å². The van der Waals surface area contributed by atoms with Gasteiger partial charge in [0.1, 0.15) is 0 Å². The summed E-state index contributed by atoms with van der Waals surface area (Å²) in [6.07, 6.45) is 0. The number of carbonyl (C=O) groups is 1. The minimum atomic E-state index is -3.72. The molecule has 0 bridgehead atoms. The number of nitrogens with zero attached hydrogens (tertiary/aromatic N) is 3. The molecule has 8 nitrogen and oxygen atoms in total. The molecule has 1 aliphatic rings. The Morgan fingerprint density at radius 3 is 2.14 bits per heavy atom. The number of benzene rings is 2. The Hall–Kier alpha value is -3.09. The number of hydrogen-bond donors (Lipinski definition) is 0. The zero-order chi connectivity index (χ0) is 21.0. The molecule has 1 saturated heterocycles. The van der Waals surface area contributed by atoms with E-state index >= 15 is 0 Å². The number of ether oxygens (including phenoxy) is 2. The molecule has 0 atom stereocenters. The Morgan fingerprint density at radius 2 is 1.59 bits per heavy atom. The summed E-state index contributed by atoms with van der Waals surface area (Å²) in [5, 5.41) is 8.85. The molecule has 0 unspecified atom stereocenters. The van der Waals surface area contributed by atoms with Gasteiger partial charge in [0, 0.05) is 37.8 Å². The van der Waals surface area contributed by atoms with E-state index in [2.05, 4.69) is 0 Å². The van der Waals surface area contributed by atoms with Gasteiger partial charge in [-0.05, 0) is 36.4 Å². The van der Waals surface area contributed by atoms with Crippen molar-refractivity contribution in [2.75, 3.05) is 40.4 Å². The minimum Gasteiger partial charge on any atom is -0.493 e. The molecule has 1 amide bonds. The van der Waals surface area contributed by atoms with Crippen LogP contribution in [0.3, 0.4) is 0 Å². The van der Waals surface area contributed by atoms with Crippen LogP contribution in [0.4, 0.5) is 0 Å². The fraction of sp³-hybridized carbons (Fsp3) is 0.300. The van der Waals surface area contributed by atoms with Crippen LogP contribution in [0.1, 0.15) is 15.9 Å². The lowest BCUT2D eigenvalue weighted by atomic mass is 10.1. The number of sulfonamides is 1. The third-order valence-electron chi connectivity index (χ3n) is 4.78. The van der Waals surface area contributed by atoms with Crippen molar-refractivity contribution in [3.8, 4) is 17.6 Å². The predicted molar refractivity (Wildman–Crippen MR) is 105 cm³/mol. The lowest BCUT2D eigenvalue weighted by molar-refractivity contribution is 0.0698. The Balaban J connectivity index is 1.71. The monoisotopic (exact) mass is 415 g/mol. The lowest BCUT2D eigenvalue weighted by Gasteiger charge is -2.34. The summed E-state index contributed by atoms with van der Waals surface area (Å²) in [6, 6.07) is 12.9. The third-order valence-corrected chi connectivity index (χ3v) is 6.67. The zero-order valence-electron chi connectivity index (χ0n) is 16.2. The standard InChI is InChI=1S/C20H21N3O5S/c1-27-18-8-7-17(13-19(18)28-2)29(25,26)23-11-9-22(10-12-23)20(24)16-5-3-15(14-21)4-6-16/h3-8,13H,9-12H2,1-2H3. The van der Waals surface area contributed by atoms with E-state index in [-0.39, 0.29) is 37.0 Å². The molecule has 0 N–H and O–H groups in total. The van der Waals surface area contributed by atoms with Gasteiger partial charge in [0.2, 0.25) is 10.0 Å². The van der Waals surface area contributed by atoms with Gasteiger partial charge in [-0.2, -0.15) is 9.57 Å². The molecule has 0 aromatic heterocycles. The second-order valence-corrected chi connectivity index (χ2v) is 8.34. The molecule has 29 heavy (non-hydrogen) atoms. The Kier molecular flexibility index (Phi) is 6.06. The van der Waals surface area contributed by atoms with Gasteiger partial charge >= 0.3 is 0 Å². The van der Waals surface area contributed by atoms with Crippen LogP contribution < -0.4 is 9.47 Å². The normalized spacial score (nSPS) is 14.9. The average molecular weight is 415 g/mol. The first-order chi connectivity index (χ1) is 13.9. The Labute approximate surface area is 169 Å². The maximum atomic E-state index is 13.0. The summed E-state index contributed by atoms with van der Waals surface area (Å²) in [7, 11) is -0.790.